The van der Waals surface area contributed by atoms with E-state index >= 15 is 0 Å². The van der Waals surface area contributed by atoms with Gasteiger partial charge in [-0.3, -0.25) is 0 Å². The summed E-state index contributed by atoms with van der Waals surface area (Å²) in [5.41, 5.74) is 7.63. The quantitative estimate of drug-likeness (QED) is 0.817. The van der Waals surface area contributed by atoms with Gasteiger partial charge >= 0.3 is 0 Å². The molecular weight excluding hydrogens is 230 g/mol. The predicted molar refractivity (Wildman–Crippen MR) is 72.8 cm³/mol. The summed E-state index contributed by atoms with van der Waals surface area (Å²) in [6, 6.07) is 7.93. The van der Waals surface area contributed by atoms with Gasteiger partial charge < -0.3 is 11.1 Å². The van der Waals surface area contributed by atoms with Gasteiger partial charge in [-0.2, -0.15) is 0 Å². The average molecular weight is 247 g/mol. The van der Waals surface area contributed by atoms with Crippen LogP contribution in [-0.4, -0.2) is 4.98 Å². The molecule has 0 fully saturated rings. The zero-order chi connectivity index (χ0) is 12.3. The highest BCUT2D eigenvalue weighted by molar-refractivity contribution is 7.09. The van der Waals surface area contributed by atoms with Gasteiger partial charge in [0.2, 0.25) is 0 Å². The van der Waals surface area contributed by atoms with Crippen molar-refractivity contribution in [2.24, 2.45) is 0 Å². The number of nitrogens with one attached hydrogen (secondary N) is 1. The van der Waals surface area contributed by atoms with Gasteiger partial charge in [-0.15, -0.1) is 11.3 Å². The van der Waals surface area contributed by atoms with Gasteiger partial charge in [-0.05, 0) is 31.5 Å². The van der Waals surface area contributed by atoms with Gasteiger partial charge in [-0.25, -0.2) is 4.98 Å². The highest BCUT2D eigenvalue weighted by Crippen LogP contribution is 2.22. The van der Waals surface area contributed by atoms with Crippen molar-refractivity contribution in [3.63, 3.8) is 0 Å². The van der Waals surface area contributed by atoms with E-state index in [-0.39, 0.29) is 5.54 Å². The second kappa shape index (κ2) is 4.85. The molecule has 2 rings (SSSR count). The summed E-state index contributed by atoms with van der Waals surface area (Å²) >= 11 is 1.67. The lowest BCUT2D eigenvalue weighted by molar-refractivity contribution is 0.399. The van der Waals surface area contributed by atoms with Crippen LogP contribution in [0.2, 0.25) is 0 Å². The average Bonchev–Trinajstić information content (AvgIpc) is 2.81. The molecule has 0 bridgehead atoms. The molecule has 1 aromatic carbocycles. The van der Waals surface area contributed by atoms with Gasteiger partial charge in [0.1, 0.15) is 5.01 Å². The van der Waals surface area contributed by atoms with E-state index in [2.05, 4.69) is 30.2 Å². The molecule has 0 aliphatic heterocycles. The van der Waals surface area contributed by atoms with E-state index in [4.69, 9.17) is 5.73 Å². The number of nitrogen functional groups attached to an aromatic ring is 1. The van der Waals surface area contributed by atoms with Crippen molar-refractivity contribution in [3.8, 4) is 0 Å². The summed E-state index contributed by atoms with van der Waals surface area (Å²) in [5.74, 6) is 0. The van der Waals surface area contributed by atoms with E-state index in [1.165, 1.54) is 5.56 Å². The minimum Gasteiger partial charge on any atom is -0.399 e. The van der Waals surface area contributed by atoms with Gasteiger partial charge in [0, 0.05) is 23.8 Å². The Morgan fingerprint density at radius 1 is 1.41 bits per heavy atom. The maximum atomic E-state index is 5.75. The second-order valence-corrected chi connectivity index (χ2v) is 5.46. The maximum Gasteiger partial charge on any atom is 0.112 e. The van der Waals surface area contributed by atoms with Crippen LogP contribution in [0.5, 0.6) is 0 Å². The van der Waals surface area contributed by atoms with E-state index in [1.54, 1.807) is 11.3 Å². The molecule has 0 saturated carbocycles. The van der Waals surface area contributed by atoms with Crippen molar-refractivity contribution >= 4 is 17.0 Å². The molecule has 0 saturated heterocycles. The molecule has 3 nitrogen and oxygen atoms in total. The highest BCUT2D eigenvalue weighted by Gasteiger charge is 2.22. The molecular formula is C13H17N3S. The van der Waals surface area contributed by atoms with Crippen molar-refractivity contribution in [2.75, 3.05) is 5.73 Å². The first-order valence-electron chi connectivity index (χ1n) is 5.57. The molecule has 17 heavy (non-hydrogen) atoms. The fraction of sp³-hybridized carbons (Fsp3) is 0.308. The molecule has 3 N–H and O–H groups in total. The third-order valence-corrected chi connectivity index (χ3v) is 3.75. The predicted octanol–water partition coefficient (Wildman–Crippen LogP) is 2.75. The molecule has 1 aromatic heterocycles. The van der Waals surface area contributed by atoms with E-state index in [0.717, 1.165) is 17.2 Å². The number of benzene rings is 1. The number of nitrogens with zero attached hydrogens (tertiary/aromatic N) is 1. The molecule has 0 aliphatic carbocycles. The lowest BCUT2D eigenvalue weighted by Crippen LogP contribution is -2.35. The van der Waals surface area contributed by atoms with Crippen LogP contribution in [0.3, 0.4) is 0 Å². The zero-order valence-electron chi connectivity index (χ0n) is 10.1. The Hall–Kier alpha value is -1.39. The molecule has 0 amide bonds. The molecule has 0 radical (unpaired) electrons. The lowest BCUT2D eigenvalue weighted by atomic mass is 10.1. The van der Waals surface area contributed by atoms with Crippen molar-refractivity contribution in [1.29, 1.82) is 0 Å². The van der Waals surface area contributed by atoms with Crippen LogP contribution < -0.4 is 11.1 Å². The van der Waals surface area contributed by atoms with E-state index < -0.39 is 0 Å². The minimum atomic E-state index is -0.112. The third-order valence-electron chi connectivity index (χ3n) is 2.65. The summed E-state index contributed by atoms with van der Waals surface area (Å²) in [7, 11) is 0. The fourth-order valence-corrected chi connectivity index (χ4v) is 2.37. The standard InChI is InChI=1S/C13H17N3S/c1-13(2,12-15-6-7-17-12)16-9-10-4-3-5-11(14)8-10/h3-8,16H,9,14H2,1-2H3. The lowest BCUT2D eigenvalue weighted by Gasteiger charge is -2.24. The van der Waals surface area contributed by atoms with Crippen LogP contribution in [0, 0.1) is 0 Å². The number of hydrogen-bond acceptors (Lipinski definition) is 4. The number of aromatic nitrogens is 1. The number of nitrogens with two attached hydrogens (primary N) is 1. The van der Waals surface area contributed by atoms with Gasteiger partial charge in [0.25, 0.3) is 0 Å². The van der Waals surface area contributed by atoms with Crippen LogP contribution in [-0.2, 0) is 12.1 Å². The molecule has 1 heterocycles. The van der Waals surface area contributed by atoms with Gasteiger partial charge in [0.05, 0.1) is 5.54 Å². The minimum absolute atomic E-state index is 0.112. The first kappa shape index (κ1) is 12.1. The summed E-state index contributed by atoms with van der Waals surface area (Å²) in [6.45, 7) is 5.06. The number of hydrogen-bond donors (Lipinski definition) is 2. The summed E-state index contributed by atoms with van der Waals surface area (Å²) in [4.78, 5) is 4.35. The van der Waals surface area contributed by atoms with Crippen molar-refractivity contribution in [3.05, 3.63) is 46.4 Å². The number of rotatable bonds is 4. The van der Waals surface area contributed by atoms with Crippen LogP contribution >= 0.6 is 11.3 Å². The first-order chi connectivity index (χ1) is 8.08. The highest BCUT2D eigenvalue weighted by atomic mass is 32.1. The maximum absolute atomic E-state index is 5.75. The van der Waals surface area contributed by atoms with Crippen molar-refractivity contribution < 1.29 is 0 Å². The van der Waals surface area contributed by atoms with Gasteiger partial charge in [0.15, 0.2) is 0 Å². The Kier molecular flexibility index (Phi) is 3.45. The van der Waals surface area contributed by atoms with Crippen LogP contribution in [0.4, 0.5) is 5.69 Å². The third kappa shape index (κ3) is 3.05. The smallest absolute Gasteiger partial charge is 0.112 e. The fourth-order valence-electron chi connectivity index (χ4n) is 1.63. The van der Waals surface area contributed by atoms with E-state index in [0.29, 0.717) is 0 Å². The van der Waals surface area contributed by atoms with Crippen LogP contribution in [0.15, 0.2) is 35.8 Å². The summed E-state index contributed by atoms with van der Waals surface area (Å²) < 4.78 is 0. The largest absolute Gasteiger partial charge is 0.399 e. The molecule has 4 heteroatoms. The van der Waals surface area contributed by atoms with E-state index in [9.17, 15) is 0 Å². The Bertz CT molecular complexity index is 477. The van der Waals surface area contributed by atoms with Gasteiger partial charge in [-0.1, -0.05) is 12.1 Å². The molecule has 0 atom stereocenters. The summed E-state index contributed by atoms with van der Waals surface area (Å²) in [6.07, 6.45) is 1.84. The van der Waals surface area contributed by atoms with E-state index in [1.807, 2.05) is 29.8 Å². The first-order valence-corrected chi connectivity index (χ1v) is 6.45. The number of anilines is 1. The van der Waals surface area contributed by atoms with Crippen molar-refractivity contribution in [2.45, 2.75) is 25.9 Å². The topological polar surface area (TPSA) is 50.9 Å². The molecule has 0 spiro atoms. The summed E-state index contributed by atoms with van der Waals surface area (Å²) in [5, 5.41) is 6.60. The monoisotopic (exact) mass is 247 g/mol. The Labute approximate surface area is 106 Å². The van der Waals surface area contributed by atoms with Crippen LogP contribution in [0.25, 0.3) is 0 Å². The Balaban J connectivity index is 2.03. The molecule has 0 unspecified atom stereocenters. The van der Waals surface area contributed by atoms with Crippen LogP contribution in [0.1, 0.15) is 24.4 Å². The van der Waals surface area contributed by atoms with Crippen molar-refractivity contribution in [1.82, 2.24) is 10.3 Å². The SMILES string of the molecule is CC(C)(NCc1cccc(N)c1)c1nccs1. The molecule has 2 aromatic rings. The molecule has 90 valence electrons. The second-order valence-electron chi connectivity index (χ2n) is 4.56. The molecule has 0 aliphatic rings. The number of thiazole rings is 1. The normalized spacial score (nSPS) is 11.6. The Morgan fingerprint density at radius 3 is 2.88 bits per heavy atom. The Morgan fingerprint density at radius 2 is 2.24 bits per heavy atom. The zero-order valence-corrected chi connectivity index (χ0v) is 10.9.